The van der Waals surface area contributed by atoms with Crippen molar-refractivity contribution in [2.45, 2.75) is 43.6 Å². The summed E-state index contributed by atoms with van der Waals surface area (Å²) in [6.45, 7) is 2.72. The highest BCUT2D eigenvalue weighted by atomic mass is 35.5. The number of nitro groups is 1. The highest BCUT2D eigenvalue weighted by Crippen LogP contribution is 2.27. The Hall–Kier alpha value is -2.38. The maximum absolute atomic E-state index is 10.9. The number of unbranched alkanes of at least 4 members (excludes halogenated alkanes) is 1. The normalized spacial score (nSPS) is 10.9. The van der Waals surface area contributed by atoms with Gasteiger partial charge in [-0.05, 0) is 23.6 Å². The van der Waals surface area contributed by atoms with Crippen LogP contribution in [0.5, 0.6) is 0 Å². The number of aryl methyl sites for hydroxylation is 1. The molecule has 0 unspecified atom stereocenters. The molecule has 28 heavy (non-hydrogen) atoms. The Morgan fingerprint density at radius 3 is 2.57 bits per heavy atom. The van der Waals surface area contributed by atoms with Crippen LogP contribution < -0.4 is 0 Å². The number of nitrogens with zero attached hydrogens (tertiary/aromatic N) is 4. The monoisotopic (exact) mass is 416 g/mol. The SMILES string of the molecule is CCCCc1nnc(SCc2ccccc2Cl)n1Cc1ccc([N+](=O)[O-])cc1. The van der Waals surface area contributed by atoms with E-state index < -0.39 is 0 Å². The summed E-state index contributed by atoms with van der Waals surface area (Å²) >= 11 is 7.86. The second kappa shape index (κ2) is 9.71. The van der Waals surface area contributed by atoms with Gasteiger partial charge in [-0.3, -0.25) is 10.1 Å². The largest absolute Gasteiger partial charge is 0.302 e. The molecular weight excluding hydrogens is 396 g/mol. The first kappa shape index (κ1) is 20.4. The smallest absolute Gasteiger partial charge is 0.269 e. The van der Waals surface area contributed by atoms with Gasteiger partial charge in [0, 0.05) is 29.3 Å². The van der Waals surface area contributed by atoms with E-state index in [9.17, 15) is 10.1 Å². The molecule has 3 rings (SSSR count). The summed E-state index contributed by atoms with van der Waals surface area (Å²) in [6.07, 6.45) is 2.96. The first-order chi connectivity index (χ1) is 13.6. The topological polar surface area (TPSA) is 73.8 Å². The average molecular weight is 417 g/mol. The number of non-ortho nitro benzene ring substituents is 1. The Morgan fingerprint density at radius 2 is 1.89 bits per heavy atom. The Labute approximate surface area is 173 Å². The van der Waals surface area contributed by atoms with E-state index in [0.29, 0.717) is 12.3 Å². The standard InChI is InChI=1S/C20H21ClN4O2S/c1-2-3-8-19-22-23-20(28-14-16-6-4-5-7-18(16)21)24(19)13-15-9-11-17(12-10-15)25(26)27/h4-7,9-12H,2-3,8,13-14H2,1H3. The number of benzene rings is 2. The number of thioether (sulfide) groups is 1. The maximum Gasteiger partial charge on any atom is 0.269 e. The lowest BCUT2D eigenvalue weighted by molar-refractivity contribution is -0.384. The van der Waals surface area contributed by atoms with Crippen molar-refractivity contribution < 1.29 is 4.92 Å². The predicted octanol–water partition coefficient (Wildman–Crippen LogP) is 5.52. The quantitative estimate of drug-likeness (QED) is 0.260. The van der Waals surface area contributed by atoms with Crippen LogP contribution in [0.2, 0.25) is 5.02 Å². The molecule has 6 nitrogen and oxygen atoms in total. The summed E-state index contributed by atoms with van der Waals surface area (Å²) in [5.74, 6) is 1.63. The molecule has 0 bridgehead atoms. The maximum atomic E-state index is 10.9. The van der Waals surface area contributed by atoms with Crippen molar-refractivity contribution in [3.63, 3.8) is 0 Å². The van der Waals surface area contributed by atoms with E-state index in [-0.39, 0.29) is 10.6 Å². The molecule has 0 aliphatic rings. The van der Waals surface area contributed by atoms with Gasteiger partial charge in [-0.1, -0.05) is 67.0 Å². The van der Waals surface area contributed by atoms with Gasteiger partial charge in [-0.15, -0.1) is 10.2 Å². The van der Waals surface area contributed by atoms with Gasteiger partial charge in [0.25, 0.3) is 5.69 Å². The number of halogens is 1. The Kier molecular flexibility index (Phi) is 7.06. The molecule has 0 aliphatic carbocycles. The third-order valence-electron chi connectivity index (χ3n) is 4.35. The molecule has 0 atom stereocenters. The number of rotatable bonds is 9. The molecular formula is C20H21ClN4O2S. The molecule has 0 saturated heterocycles. The van der Waals surface area contributed by atoms with Crippen molar-refractivity contribution in [1.82, 2.24) is 14.8 Å². The van der Waals surface area contributed by atoms with Crippen molar-refractivity contribution in [3.05, 3.63) is 80.6 Å². The predicted molar refractivity (Wildman–Crippen MR) is 112 cm³/mol. The van der Waals surface area contributed by atoms with Crippen LogP contribution in [0.3, 0.4) is 0 Å². The summed E-state index contributed by atoms with van der Waals surface area (Å²) < 4.78 is 2.10. The van der Waals surface area contributed by atoms with Crippen LogP contribution in [0.4, 0.5) is 5.69 Å². The lowest BCUT2D eigenvalue weighted by Crippen LogP contribution is -2.07. The second-order valence-electron chi connectivity index (χ2n) is 6.39. The number of hydrogen-bond acceptors (Lipinski definition) is 5. The summed E-state index contributed by atoms with van der Waals surface area (Å²) in [5, 5.41) is 21.2. The van der Waals surface area contributed by atoms with Crippen LogP contribution in [-0.2, 0) is 18.7 Å². The Morgan fingerprint density at radius 1 is 1.14 bits per heavy atom. The summed E-state index contributed by atoms with van der Waals surface area (Å²) in [6, 6.07) is 14.4. The van der Waals surface area contributed by atoms with Crippen molar-refractivity contribution in [3.8, 4) is 0 Å². The highest BCUT2D eigenvalue weighted by molar-refractivity contribution is 7.98. The summed E-state index contributed by atoms with van der Waals surface area (Å²) in [5.41, 5.74) is 2.11. The third-order valence-corrected chi connectivity index (χ3v) is 5.73. The fourth-order valence-corrected chi connectivity index (χ4v) is 4.01. The molecule has 146 valence electrons. The van der Waals surface area contributed by atoms with Gasteiger partial charge in [0.05, 0.1) is 11.5 Å². The zero-order valence-electron chi connectivity index (χ0n) is 15.5. The van der Waals surface area contributed by atoms with E-state index in [0.717, 1.165) is 46.4 Å². The van der Waals surface area contributed by atoms with E-state index in [4.69, 9.17) is 11.6 Å². The molecule has 0 N–H and O–H groups in total. The lowest BCUT2D eigenvalue weighted by Gasteiger charge is -2.11. The fraction of sp³-hybridized carbons (Fsp3) is 0.300. The average Bonchev–Trinajstić information content (AvgIpc) is 3.07. The molecule has 8 heteroatoms. The van der Waals surface area contributed by atoms with E-state index in [1.54, 1.807) is 23.9 Å². The minimum atomic E-state index is -0.389. The van der Waals surface area contributed by atoms with Crippen LogP contribution in [0.25, 0.3) is 0 Å². The molecule has 0 saturated carbocycles. The van der Waals surface area contributed by atoms with Gasteiger partial charge in [-0.2, -0.15) is 0 Å². The molecule has 2 aromatic carbocycles. The molecule has 0 aliphatic heterocycles. The van der Waals surface area contributed by atoms with Crippen molar-refractivity contribution in [1.29, 1.82) is 0 Å². The van der Waals surface area contributed by atoms with Gasteiger partial charge in [0.1, 0.15) is 5.82 Å². The van der Waals surface area contributed by atoms with E-state index >= 15 is 0 Å². The lowest BCUT2D eigenvalue weighted by atomic mass is 10.2. The van der Waals surface area contributed by atoms with E-state index in [2.05, 4.69) is 21.7 Å². The number of hydrogen-bond donors (Lipinski definition) is 0. The van der Waals surface area contributed by atoms with Gasteiger partial charge < -0.3 is 4.57 Å². The van der Waals surface area contributed by atoms with Gasteiger partial charge in [0.2, 0.25) is 0 Å². The Bertz CT molecular complexity index is 944. The molecule has 0 radical (unpaired) electrons. The first-order valence-corrected chi connectivity index (χ1v) is 10.5. The van der Waals surface area contributed by atoms with Crippen LogP contribution in [-0.4, -0.2) is 19.7 Å². The van der Waals surface area contributed by atoms with Crippen molar-refractivity contribution in [2.75, 3.05) is 0 Å². The summed E-state index contributed by atoms with van der Waals surface area (Å²) in [7, 11) is 0. The number of nitro benzene ring substituents is 1. The van der Waals surface area contributed by atoms with Crippen molar-refractivity contribution in [2.24, 2.45) is 0 Å². The van der Waals surface area contributed by atoms with E-state index in [1.165, 1.54) is 12.1 Å². The molecule has 1 aromatic heterocycles. The fourth-order valence-electron chi connectivity index (χ4n) is 2.77. The van der Waals surface area contributed by atoms with Gasteiger partial charge in [-0.25, -0.2) is 0 Å². The minimum Gasteiger partial charge on any atom is -0.302 e. The molecule has 3 aromatic rings. The highest BCUT2D eigenvalue weighted by Gasteiger charge is 2.14. The van der Waals surface area contributed by atoms with Gasteiger partial charge in [0.15, 0.2) is 5.16 Å². The molecule has 1 heterocycles. The zero-order chi connectivity index (χ0) is 19.9. The zero-order valence-corrected chi connectivity index (χ0v) is 17.1. The van der Waals surface area contributed by atoms with E-state index in [1.807, 2.05) is 24.3 Å². The van der Waals surface area contributed by atoms with Crippen LogP contribution >= 0.6 is 23.4 Å². The van der Waals surface area contributed by atoms with Crippen LogP contribution in [0.15, 0.2) is 53.7 Å². The molecule has 0 fully saturated rings. The van der Waals surface area contributed by atoms with Gasteiger partial charge >= 0.3 is 0 Å². The Balaban J connectivity index is 1.81. The third kappa shape index (κ3) is 5.11. The second-order valence-corrected chi connectivity index (χ2v) is 7.74. The van der Waals surface area contributed by atoms with Crippen molar-refractivity contribution >= 4 is 29.1 Å². The first-order valence-electron chi connectivity index (χ1n) is 9.10. The molecule has 0 spiro atoms. The summed E-state index contributed by atoms with van der Waals surface area (Å²) in [4.78, 5) is 10.5. The van der Waals surface area contributed by atoms with Crippen LogP contribution in [0, 0.1) is 10.1 Å². The number of aromatic nitrogens is 3. The van der Waals surface area contributed by atoms with Crippen LogP contribution in [0.1, 0.15) is 36.7 Å². The molecule has 0 amide bonds. The minimum absolute atomic E-state index is 0.0898.